The van der Waals surface area contributed by atoms with E-state index in [-0.39, 0.29) is 0 Å². The van der Waals surface area contributed by atoms with Crippen molar-refractivity contribution in [2.75, 3.05) is 14.2 Å². The van der Waals surface area contributed by atoms with Gasteiger partial charge in [-0.05, 0) is 41.0 Å². The molecule has 2 N–H and O–H groups in total. The predicted octanol–water partition coefficient (Wildman–Crippen LogP) is 3.48. The molecule has 1 unspecified atom stereocenters. The first-order chi connectivity index (χ1) is 13.5. The van der Waals surface area contributed by atoms with Crippen LogP contribution >= 0.6 is 0 Å². The summed E-state index contributed by atoms with van der Waals surface area (Å²) in [5.41, 5.74) is 0.630. The van der Waals surface area contributed by atoms with Crippen LogP contribution in [0.25, 0.3) is 0 Å². The lowest BCUT2D eigenvalue weighted by Gasteiger charge is -2.38. The van der Waals surface area contributed by atoms with Gasteiger partial charge in [0.1, 0.15) is 11.5 Å². The monoisotopic (exact) mass is 378 g/mol. The molecule has 0 spiro atoms. The van der Waals surface area contributed by atoms with Gasteiger partial charge in [-0.1, -0.05) is 54.6 Å². The zero-order valence-electron chi connectivity index (χ0n) is 15.7. The summed E-state index contributed by atoms with van der Waals surface area (Å²) < 4.78 is 10.5. The van der Waals surface area contributed by atoms with Crippen LogP contribution in [0.5, 0.6) is 11.5 Å². The summed E-state index contributed by atoms with van der Waals surface area (Å²) in [5.74, 6) is -0.0222. The van der Waals surface area contributed by atoms with E-state index in [0.29, 0.717) is 28.2 Å². The Morgan fingerprint density at radius 2 is 1.14 bits per heavy atom. The lowest BCUT2D eigenvalue weighted by molar-refractivity contribution is -0.149. The number of carboxylic acid groups (broad SMARTS) is 1. The minimum absolute atomic E-state index is 0.638. The van der Waals surface area contributed by atoms with Gasteiger partial charge in [0.15, 0.2) is 6.10 Å². The number of aliphatic hydroxyl groups excluding tert-OH is 1. The number of aliphatic carboxylic acids is 1. The van der Waals surface area contributed by atoms with E-state index in [1.807, 2.05) is 30.3 Å². The summed E-state index contributed by atoms with van der Waals surface area (Å²) in [5, 5.41) is 20.8. The third-order valence-electron chi connectivity index (χ3n) is 4.96. The van der Waals surface area contributed by atoms with E-state index in [9.17, 15) is 15.0 Å². The number of carboxylic acids is 1. The largest absolute Gasteiger partial charge is 0.497 e. The van der Waals surface area contributed by atoms with E-state index in [0.717, 1.165) is 0 Å². The molecule has 0 saturated carbocycles. The molecule has 3 aromatic carbocycles. The van der Waals surface area contributed by atoms with Gasteiger partial charge in [0.05, 0.1) is 19.6 Å². The van der Waals surface area contributed by atoms with E-state index in [1.54, 1.807) is 62.8 Å². The molecule has 0 aliphatic heterocycles. The third kappa shape index (κ3) is 3.32. The smallest absolute Gasteiger partial charge is 0.334 e. The Bertz CT molecular complexity index is 870. The Hall–Kier alpha value is -3.31. The van der Waals surface area contributed by atoms with Crippen molar-refractivity contribution >= 4 is 5.97 Å². The van der Waals surface area contributed by atoms with Crippen LogP contribution in [-0.2, 0) is 10.2 Å². The summed E-state index contributed by atoms with van der Waals surface area (Å²) >= 11 is 0. The highest BCUT2D eigenvalue weighted by molar-refractivity contribution is 5.78. The average Bonchev–Trinajstić information content (AvgIpc) is 2.75. The lowest BCUT2D eigenvalue weighted by atomic mass is 9.65. The number of methoxy groups -OCH3 is 2. The van der Waals surface area contributed by atoms with Crippen LogP contribution < -0.4 is 9.47 Å². The number of hydrogen-bond acceptors (Lipinski definition) is 4. The number of rotatable bonds is 7. The number of carbonyl (C=O) groups is 1. The van der Waals surface area contributed by atoms with Gasteiger partial charge in [0.2, 0.25) is 0 Å². The standard InChI is InChI=1S/C23H22O5/c1-27-19-12-8-17(9-13-19)23(21(24)22(25)26,16-6-4-3-5-7-16)18-10-14-20(28-2)15-11-18/h3-15,21,24H,1-2H3,(H,25,26). The maximum Gasteiger partial charge on any atom is 0.334 e. The third-order valence-corrected chi connectivity index (χ3v) is 4.96. The van der Waals surface area contributed by atoms with Crippen molar-refractivity contribution in [1.82, 2.24) is 0 Å². The first-order valence-corrected chi connectivity index (χ1v) is 8.79. The molecule has 28 heavy (non-hydrogen) atoms. The number of ether oxygens (including phenoxy) is 2. The molecular formula is C23H22O5. The summed E-state index contributed by atoms with van der Waals surface area (Å²) in [4.78, 5) is 12.0. The first kappa shape index (κ1) is 19.5. The molecule has 0 amide bonds. The number of aliphatic hydroxyl groups is 1. The van der Waals surface area contributed by atoms with Gasteiger partial charge in [-0.2, -0.15) is 0 Å². The molecule has 3 aromatic rings. The Morgan fingerprint density at radius 3 is 1.50 bits per heavy atom. The second-order valence-electron chi connectivity index (χ2n) is 6.37. The van der Waals surface area contributed by atoms with Gasteiger partial charge < -0.3 is 19.7 Å². The van der Waals surface area contributed by atoms with E-state index < -0.39 is 17.5 Å². The maximum atomic E-state index is 12.0. The number of benzene rings is 3. The van der Waals surface area contributed by atoms with E-state index >= 15 is 0 Å². The molecule has 0 heterocycles. The zero-order chi connectivity index (χ0) is 20.1. The molecule has 0 aromatic heterocycles. The van der Waals surface area contributed by atoms with Crippen molar-refractivity contribution in [3.05, 3.63) is 95.6 Å². The molecular weight excluding hydrogens is 356 g/mol. The molecule has 0 aliphatic rings. The molecule has 1 atom stereocenters. The van der Waals surface area contributed by atoms with Crippen LogP contribution in [0.1, 0.15) is 16.7 Å². The van der Waals surface area contributed by atoms with Crippen molar-refractivity contribution in [3.63, 3.8) is 0 Å². The van der Waals surface area contributed by atoms with Crippen molar-refractivity contribution in [2.24, 2.45) is 0 Å². The van der Waals surface area contributed by atoms with Gasteiger partial charge in [-0.15, -0.1) is 0 Å². The molecule has 5 heteroatoms. The number of hydrogen-bond donors (Lipinski definition) is 2. The fraction of sp³-hybridized carbons (Fsp3) is 0.174. The van der Waals surface area contributed by atoms with Gasteiger partial charge in [0.25, 0.3) is 0 Å². The summed E-state index contributed by atoms with van der Waals surface area (Å²) in [6, 6.07) is 23.3. The Balaban J connectivity index is 2.35. The second kappa shape index (κ2) is 8.15. The van der Waals surface area contributed by atoms with Crippen LogP contribution in [0.3, 0.4) is 0 Å². The minimum Gasteiger partial charge on any atom is -0.497 e. The molecule has 144 valence electrons. The quantitative estimate of drug-likeness (QED) is 0.616. The second-order valence-corrected chi connectivity index (χ2v) is 6.37. The van der Waals surface area contributed by atoms with Crippen molar-refractivity contribution in [3.8, 4) is 11.5 Å². The highest BCUT2D eigenvalue weighted by Crippen LogP contribution is 2.43. The molecule has 0 aliphatic carbocycles. The Kier molecular flexibility index (Phi) is 5.66. The van der Waals surface area contributed by atoms with Gasteiger partial charge >= 0.3 is 5.97 Å². The maximum absolute atomic E-state index is 12.0. The highest BCUT2D eigenvalue weighted by atomic mass is 16.5. The van der Waals surface area contributed by atoms with Gasteiger partial charge in [-0.3, -0.25) is 0 Å². The van der Waals surface area contributed by atoms with Gasteiger partial charge in [-0.25, -0.2) is 4.79 Å². The predicted molar refractivity (Wildman–Crippen MR) is 106 cm³/mol. The summed E-state index contributed by atoms with van der Waals surface area (Å²) in [6.07, 6.45) is -1.71. The molecule has 0 saturated heterocycles. The zero-order valence-corrected chi connectivity index (χ0v) is 15.7. The Morgan fingerprint density at radius 1 is 0.750 bits per heavy atom. The van der Waals surface area contributed by atoms with Crippen LogP contribution in [0, 0.1) is 0 Å². The van der Waals surface area contributed by atoms with Crippen LogP contribution in [-0.4, -0.2) is 36.5 Å². The van der Waals surface area contributed by atoms with Crippen molar-refractivity contribution < 1.29 is 24.5 Å². The Labute approximate surface area is 163 Å². The fourth-order valence-electron chi connectivity index (χ4n) is 3.57. The van der Waals surface area contributed by atoms with Gasteiger partial charge in [0, 0.05) is 0 Å². The first-order valence-electron chi connectivity index (χ1n) is 8.79. The van der Waals surface area contributed by atoms with Crippen LogP contribution in [0.2, 0.25) is 0 Å². The van der Waals surface area contributed by atoms with Crippen LogP contribution in [0.15, 0.2) is 78.9 Å². The van der Waals surface area contributed by atoms with E-state index in [2.05, 4.69) is 0 Å². The molecule has 0 fully saturated rings. The highest BCUT2D eigenvalue weighted by Gasteiger charge is 2.47. The topological polar surface area (TPSA) is 76.0 Å². The SMILES string of the molecule is COc1ccc(C(c2ccccc2)(c2ccc(OC)cc2)C(O)C(=O)O)cc1. The van der Waals surface area contributed by atoms with Crippen molar-refractivity contribution in [2.45, 2.75) is 11.5 Å². The fourth-order valence-corrected chi connectivity index (χ4v) is 3.57. The normalized spacial score (nSPS) is 12.2. The van der Waals surface area contributed by atoms with Crippen LogP contribution in [0.4, 0.5) is 0 Å². The minimum atomic E-state index is -1.71. The van der Waals surface area contributed by atoms with E-state index in [1.165, 1.54) is 0 Å². The molecule has 0 bridgehead atoms. The molecule has 5 nitrogen and oxygen atoms in total. The lowest BCUT2D eigenvalue weighted by Crippen LogP contribution is -2.46. The summed E-state index contributed by atoms with van der Waals surface area (Å²) in [6.45, 7) is 0. The molecule has 3 rings (SSSR count). The average molecular weight is 378 g/mol. The summed E-state index contributed by atoms with van der Waals surface area (Å²) in [7, 11) is 3.13. The molecule has 0 radical (unpaired) electrons. The van der Waals surface area contributed by atoms with E-state index in [4.69, 9.17) is 9.47 Å². The van der Waals surface area contributed by atoms with Crippen molar-refractivity contribution in [1.29, 1.82) is 0 Å².